The second-order valence-electron chi connectivity index (χ2n) is 4.22. The highest BCUT2D eigenvalue weighted by Crippen LogP contribution is 2.18. The van der Waals surface area contributed by atoms with Crippen molar-refractivity contribution in [2.45, 2.75) is 13.3 Å². The quantitative estimate of drug-likeness (QED) is 0.419. The first kappa shape index (κ1) is 16.8. The molecule has 0 N–H and O–H groups in total. The molecule has 0 heterocycles. The molecule has 0 aliphatic carbocycles. The van der Waals surface area contributed by atoms with E-state index in [2.05, 4.69) is 11.8 Å². The lowest BCUT2D eigenvalue weighted by molar-refractivity contribution is 0.0805. The van der Waals surface area contributed by atoms with E-state index in [0.29, 0.717) is 25.7 Å². The molecule has 4 heteroatoms. The fourth-order valence-electron chi connectivity index (χ4n) is 1.64. The van der Waals surface area contributed by atoms with Crippen LogP contribution in [0.25, 0.3) is 0 Å². The largest absolute Gasteiger partial charge is 0.491 e. The van der Waals surface area contributed by atoms with Gasteiger partial charge in [-0.1, -0.05) is 11.8 Å². The monoisotopic (exact) mass is 296 g/mol. The number of rotatable bonds is 8. The summed E-state index contributed by atoms with van der Waals surface area (Å²) >= 11 is 5.53. The Morgan fingerprint density at radius 3 is 2.70 bits per heavy atom. The van der Waals surface area contributed by atoms with Crippen molar-refractivity contribution < 1.29 is 14.2 Å². The third-order valence-electron chi connectivity index (χ3n) is 2.60. The molecule has 0 unspecified atom stereocenters. The number of alkyl halides is 1. The Bertz CT molecular complexity index is 449. The van der Waals surface area contributed by atoms with Crippen LogP contribution in [-0.2, 0) is 9.47 Å². The van der Waals surface area contributed by atoms with Crippen LogP contribution in [0.2, 0.25) is 0 Å². The summed E-state index contributed by atoms with van der Waals surface area (Å²) in [6.45, 7) is 4.55. The van der Waals surface area contributed by atoms with Crippen LogP contribution in [-0.4, -0.2) is 39.4 Å². The highest BCUT2D eigenvalue weighted by molar-refractivity contribution is 6.19. The van der Waals surface area contributed by atoms with Gasteiger partial charge in [0.15, 0.2) is 0 Å². The standard InChI is InChI=1S/C16H21ClO3/c1-14-13-15(5-3-8-17)6-7-16(14)20-12-11-19-10-4-9-18-2/h6-7,13H,4,8-12H2,1-2H3. The minimum atomic E-state index is 0.345. The molecular formula is C16H21ClO3. The lowest BCUT2D eigenvalue weighted by Gasteiger charge is -2.09. The average molecular weight is 297 g/mol. The molecule has 0 bridgehead atoms. The first-order valence-electron chi connectivity index (χ1n) is 6.63. The van der Waals surface area contributed by atoms with Gasteiger partial charge in [0.1, 0.15) is 12.4 Å². The average Bonchev–Trinajstić information content (AvgIpc) is 2.46. The molecule has 0 aliphatic heterocycles. The Morgan fingerprint density at radius 1 is 1.15 bits per heavy atom. The first-order valence-corrected chi connectivity index (χ1v) is 7.16. The molecular weight excluding hydrogens is 276 g/mol. The van der Waals surface area contributed by atoms with Crippen molar-refractivity contribution in [2.75, 3.05) is 39.4 Å². The molecule has 20 heavy (non-hydrogen) atoms. The first-order chi connectivity index (χ1) is 9.77. The Hall–Kier alpha value is -1.21. The minimum absolute atomic E-state index is 0.345. The predicted octanol–water partition coefficient (Wildman–Crippen LogP) is 3.02. The molecule has 1 aromatic carbocycles. The van der Waals surface area contributed by atoms with Gasteiger partial charge in [0.05, 0.1) is 12.5 Å². The maximum atomic E-state index is 5.67. The highest BCUT2D eigenvalue weighted by Gasteiger charge is 2.00. The van der Waals surface area contributed by atoms with Crippen molar-refractivity contribution in [3.8, 4) is 17.6 Å². The molecule has 0 radical (unpaired) electrons. The van der Waals surface area contributed by atoms with Crippen LogP contribution >= 0.6 is 11.6 Å². The van der Waals surface area contributed by atoms with Crippen LogP contribution < -0.4 is 4.74 Å². The Kier molecular flexibility index (Phi) is 8.90. The van der Waals surface area contributed by atoms with Crippen LogP contribution in [0, 0.1) is 18.8 Å². The van der Waals surface area contributed by atoms with Crippen molar-refractivity contribution in [3.05, 3.63) is 29.3 Å². The molecule has 1 aromatic rings. The van der Waals surface area contributed by atoms with Gasteiger partial charge in [0.2, 0.25) is 0 Å². The van der Waals surface area contributed by atoms with Crippen molar-refractivity contribution in [1.29, 1.82) is 0 Å². The van der Waals surface area contributed by atoms with Crippen LogP contribution in [0.1, 0.15) is 17.5 Å². The molecule has 0 fully saturated rings. The number of halogens is 1. The maximum absolute atomic E-state index is 5.67. The molecule has 0 atom stereocenters. The van der Waals surface area contributed by atoms with E-state index in [4.69, 9.17) is 25.8 Å². The van der Waals surface area contributed by atoms with Gasteiger partial charge in [-0.05, 0) is 37.1 Å². The van der Waals surface area contributed by atoms with Crippen LogP contribution in [0.4, 0.5) is 0 Å². The topological polar surface area (TPSA) is 27.7 Å². The van der Waals surface area contributed by atoms with E-state index in [9.17, 15) is 0 Å². The lowest BCUT2D eigenvalue weighted by atomic mass is 10.1. The summed E-state index contributed by atoms with van der Waals surface area (Å²) in [4.78, 5) is 0. The molecule has 0 spiro atoms. The fraction of sp³-hybridized carbons (Fsp3) is 0.500. The Labute approximate surface area is 126 Å². The number of hydrogen-bond donors (Lipinski definition) is 0. The Balaban J connectivity index is 2.30. The smallest absolute Gasteiger partial charge is 0.122 e. The number of hydrogen-bond acceptors (Lipinski definition) is 3. The van der Waals surface area contributed by atoms with Crippen molar-refractivity contribution >= 4 is 11.6 Å². The summed E-state index contributed by atoms with van der Waals surface area (Å²) in [6, 6.07) is 5.86. The summed E-state index contributed by atoms with van der Waals surface area (Å²) in [6.07, 6.45) is 0.906. The second kappa shape index (κ2) is 10.6. The van der Waals surface area contributed by atoms with Crippen molar-refractivity contribution in [1.82, 2.24) is 0 Å². The Morgan fingerprint density at radius 2 is 2.00 bits per heavy atom. The third kappa shape index (κ3) is 6.81. The van der Waals surface area contributed by atoms with Crippen LogP contribution in [0.3, 0.4) is 0 Å². The normalized spacial score (nSPS) is 9.95. The molecule has 0 amide bonds. The van der Waals surface area contributed by atoms with E-state index < -0.39 is 0 Å². The SMILES string of the molecule is COCCCOCCOc1ccc(C#CCCl)cc1C. The molecule has 0 saturated carbocycles. The van der Waals surface area contributed by atoms with E-state index in [1.165, 1.54) is 0 Å². The zero-order valence-corrected chi connectivity index (χ0v) is 12.8. The maximum Gasteiger partial charge on any atom is 0.122 e. The summed E-state index contributed by atoms with van der Waals surface area (Å²) in [7, 11) is 1.69. The fourth-order valence-corrected chi connectivity index (χ4v) is 1.71. The molecule has 0 aliphatic rings. The van der Waals surface area contributed by atoms with E-state index in [1.807, 2.05) is 25.1 Å². The highest BCUT2D eigenvalue weighted by atomic mass is 35.5. The van der Waals surface area contributed by atoms with Gasteiger partial charge in [0, 0.05) is 25.9 Å². The van der Waals surface area contributed by atoms with Crippen molar-refractivity contribution in [3.63, 3.8) is 0 Å². The van der Waals surface area contributed by atoms with Crippen LogP contribution in [0.15, 0.2) is 18.2 Å². The number of methoxy groups -OCH3 is 1. The van der Waals surface area contributed by atoms with E-state index >= 15 is 0 Å². The van der Waals surface area contributed by atoms with E-state index in [0.717, 1.165) is 29.9 Å². The predicted molar refractivity (Wildman–Crippen MR) is 81.6 cm³/mol. The van der Waals surface area contributed by atoms with Crippen molar-refractivity contribution in [2.24, 2.45) is 0 Å². The molecule has 0 aromatic heterocycles. The minimum Gasteiger partial charge on any atom is -0.491 e. The zero-order chi connectivity index (χ0) is 14.6. The number of benzene rings is 1. The molecule has 0 saturated heterocycles. The van der Waals surface area contributed by atoms with Gasteiger partial charge in [-0.2, -0.15) is 0 Å². The molecule has 110 valence electrons. The zero-order valence-electron chi connectivity index (χ0n) is 12.1. The van der Waals surface area contributed by atoms with Gasteiger partial charge in [-0.15, -0.1) is 11.6 Å². The number of ether oxygens (including phenoxy) is 3. The van der Waals surface area contributed by atoms with E-state index in [1.54, 1.807) is 7.11 Å². The van der Waals surface area contributed by atoms with Gasteiger partial charge >= 0.3 is 0 Å². The second-order valence-corrected chi connectivity index (χ2v) is 4.49. The summed E-state index contributed by atoms with van der Waals surface area (Å²) in [5, 5.41) is 0. The molecule has 1 rings (SSSR count). The molecule has 3 nitrogen and oxygen atoms in total. The van der Waals surface area contributed by atoms with Crippen LogP contribution in [0.5, 0.6) is 5.75 Å². The summed E-state index contributed by atoms with van der Waals surface area (Å²) in [5.74, 6) is 7.02. The summed E-state index contributed by atoms with van der Waals surface area (Å²) in [5.41, 5.74) is 2.01. The van der Waals surface area contributed by atoms with Gasteiger partial charge in [-0.3, -0.25) is 0 Å². The van der Waals surface area contributed by atoms with E-state index in [-0.39, 0.29) is 0 Å². The number of aryl methyl sites for hydroxylation is 1. The third-order valence-corrected chi connectivity index (χ3v) is 2.73. The summed E-state index contributed by atoms with van der Waals surface area (Å²) < 4.78 is 16.0. The van der Waals surface area contributed by atoms with Gasteiger partial charge < -0.3 is 14.2 Å². The lowest BCUT2D eigenvalue weighted by Crippen LogP contribution is -2.09. The van der Waals surface area contributed by atoms with Gasteiger partial charge in [-0.25, -0.2) is 0 Å². The van der Waals surface area contributed by atoms with Gasteiger partial charge in [0.25, 0.3) is 0 Å².